The van der Waals surface area contributed by atoms with Crippen LogP contribution in [-0.4, -0.2) is 49.4 Å². The van der Waals surface area contributed by atoms with E-state index in [1.54, 1.807) is 18.2 Å². The van der Waals surface area contributed by atoms with Gasteiger partial charge in [0.15, 0.2) is 0 Å². The van der Waals surface area contributed by atoms with Crippen molar-refractivity contribution >= 4 is 17.3 Å². The smallest absolute Gasteiger partial charge is 0.254 e. The molecule has 0 unspecified atom stereocenters. The number of rotatable bonds is 6. The van der Waals surface area contributed by atoms with Gasteiger partial charge in [-0.3, -0.25) is 4.79 Å². The van der Waals surface area contributed by atoms with Gasteiger partial charge in [0.05, 0.1) is 0 Å². The van der Waals surface area contributed by atoms with Crippen LogP contribution in [0.2, 0.25) is 0 Å². The van der Waals surface area contributed by atoms with E-state index in [1.165, 1.54) is 0 Å². The average Bonchev–Trinajstić information content (AvgIpc) is 2.32. The van der Waals surface area contributed by atoms with Crippen molar-refractivity contribution in [3.05, 3.63) is 23.8 Å². The summed E-state index contributed by atoms with van der Waals surface area (Å²) in [5, 5.41) is 0. The highest BCUT2D eigenvalue weighted by atomic mass is 16.2. The van der Waals surface area contributed by atoms with Gasteiger partial charge in [0, 0.05) is 36.6 Å². The molecule has 1 amide bonds. The number of carbonyl (C=O) groups is 1. The minimum atomic E-state index is -0.0114. The zero-order valence-electron chi connectivity index (χ0n) is 12.0. The molecule has 0 radical (unpaired) electrons. The molecule has 5 heteroatoms. The number of hydrogen-bond acceptors (Lipinski definition) is 4. The van der Waals surface area contributed by atoms with Crippen molar-refractivity contribution in [2.24, 2.45) is 0 Å². The molecule has 0 heterocycles. The summed E-state index contributed by atoms with van der Waals surface area (Å²) in [6.45, 7) is 4.34. The first-order valence-corrected chi connectivity index (χ1v) is 6.54. The molecule has 0 bridgehead atoms. The molecule has 106 valence electrons. The van der Waals surface area contributed by atoms with Gasteiger partial charge in [0.1, 0.15) is 0 Å². The molecule has 0 aliphatic heterocycles. The predicted molar refractivity (Wildman–Crippen MR) is 80.0 cm³/mol. The van der Waals surface area contributed by atoms with E-state index >= 15 is 0 Å². The Bertz CT molecular complexity index is 411. The largest absolute Gasteiger partial charge is 0.399 e. The van der Waals surface area contributed by atoms with Crippen LogP contribution in [-0.2, 0) is 0 Å². The third-order valence-electron chi connectivity index (χ3n) is 2.82. The number of likely N-dealkylation sites (N-methyl/N-ethyl adjacent to an activating group) is 1. The topological polar surface area (TPSA) is 75.6 Å². The molecule has 0 aliphatic carbocycles. The Labute approximate surface area is 115 Å². The van der Waals surface area contributed by atoms with Crippen LogP contribution in [0.3, 0.4) is 0 Å². The molecule has 0 aliphatic rings. The number of amides is 1. The minimum Gasteiger partial charge on any atom is -0.399 e. The number of carbonyl (C=O) groups excluding carboxylic acids is 1. The standard InChI is InChI=1S/C14H24N4O/c1-4-5-18(7-6-17(2)3)14(19)11-8-12(15)10-13(16)9-11/h8-10H,4-7,15-16H2,1-3H3. The molecule has 0 saturated carbocycles. The molecule has 5 nitrogen and oxygen atoms in total. The highest BCUT2D eigenvalue weighted by Crippen LogP contribution is 2.15. The molecule has 19 heavy (non-hydrogen) atoms. The van der Waals surface area contributed by atoms with Gasteiger partial charge in [-0.15, -0.1) is 0 Å². The lowest BCUT2D eigenvalue weighted by Gasteiger charge is -2.24. The summed E-state index contributed by atoms with van der Waals surface area (Å²) in [6.07, 6.45) is 0.928. The highest BCUT2D eigenvalue weighted by molar-refractivity contribution is 5.96. The van der Waals surface area contributed by atoms with E-state index in [9.17, 15) is 4.79 Å². The van der Waals surface area contributed by atoms with Gasteiger partial charge in [-0.25, -0.2) is 0 Å². The number of benzene rings is 1. The van der Waals surface area contributed by atoms with E-state index in [0.29, 0.717) is 23.5 Å². The third-order valence-corrected chi connectivity index (χ3v) is 2.82. The molecule has 1 aromatic rings. The lowest BCUT2D eigenvalue weighted by atomic mass is 10.1. The van der Waals surface area contributed by atoms with Gasteiger partial charge >= 0.3 is 0 Å². The number of nitrogens with two attached hydrogens (primary N) is 2. The van der Waals surface area contributed by atoms with E-state index in [2.05, 4.69) is 11.8 Å². The van der Waals surface area contributed by atoms with Gasteiger partial charge in [-0.05, 0) is 38.7 Å². The zero-order chi connectivity index (χ0) is 14.4. The van der Waals surface area contributed by atoms with E-state index in [1.807, 2.05) is 19.0 Å². The van der Waals surface area contributed by atoms with Gasteiger partial charge in [0.2, 0.25) is 0 Å². The Morgan fingerprint density at radius 2 is 1.63 bits per heavy atom. The summed E-state index contributed by atoms with van der Waals surface area (Å²) in [4.78, 5) is 16.3. The zero-order valence-corrected chi connectivity index (χ0v) is 12.0. The van der Waals surface area contributed by atoms with E-state index in [-0.39, 0.29) is 5.91 Å². The fourth-order valence-electron chi connectivity index (χ4n) is 1.89. The van der Waals surface area contributed by atoms with Crippen LogP contribution in [0.5, 0.6) is 0 Å². The second-order valence-electron chi connectivity index (χ2n) is 4.98. The van der Waals surface area contributed by atoms with Gasteiger partial charge in [-0.1, -0.05) is 6.92 Å². The fourth-order valence-corrected chi connectivity index (χ4v) is 1.89. The van der Waals surface area contributed by atoms with Crippen LogP contribution in [0.1, 0.15) is 23.7 Å². The Balaban J connectivity index is 2.85. The minimum absolute atomic E-state index is 0.0114. The molecular weight excluding hydrogens is 240 g/mol. The Morgan fingerprint density at radius 3 is 2.11 bits per heavy atom. The first-order valence-electron chi connectivity index (χ1n) is 6.54. The van der Waals surface area contributed by atoms with Gasteiger partial charge < -0.3 is 21.3 Å². The second kappa shape index (κ2) is 6.99. The first kappa shape index (κ1) is 15.3. The molecule has 1 rings (SSSR count). The van der Waals surface area contributed by atoms with Crippen molar-refractivity contribution in [3.8, 4) is 0 Å². The van der Waals surface area contributed by atoms with Crippen molar-refractivity contribution in [3.63, 3.8) is 0 Å². The molecular formula is C14H24N4O. The Kier molecular flexibility index (Phi) is 5.63. The highest BCUT2D eigenvalue weighted by Gasteiger charge is 2.15. The van der Waals surface area contributed by atoms with Crippen molar-refractivity contribution < 1.29 is 4.79 Å². The lowest BCUT2D eigenvalue weighted by Crippen LogP contribution is -2.37. The summed E-state index contributed by atoms with van der Waals surface area (Å²) in [7, 11) is 3.99. The normalized spacial score (nSPS) is 10.7. The first-order chi connectivity index (χ1) is 8.93. The van der Waals surface area contributed by atoms with Crippen LogP contribution in [0.4, 0.5) is 11.4 Å². The summed E-state index contributed by atoms with van der Waals surface area (Å²) in [6, 6.07) is 5.01. The molecule has 0 aromatic heterocycles. The number of nitrogens with zero attached hydrogens (tertiary/aromatic N) is 2. The van der Waals surface area contributed by atoms with Crippen LogP contribution < -0.4 is 11.5 Å². The second-order valence-corrected chi connectivity index (χ2v) is 4.98. The summed E-state index contributed by atoms with van der Waals surface area (Å²) in [5.41, 5.74) is 13.1. The van der Waals surface area contributed by atoms with Crippen molar-refractivity contribution in [2.45, 2.75) is 13.3 Å². The van der Waals surface area contributed by atoms with E-state index in [0.717, 1.165) is 19.5 Å². The van der Waals surface area contributed by atoms with E-state index < -0.39 is 0 Å². The van der Waals surface area contributed by atoms with Gasteiger partial charge in [0.25, 0.3) is 5.91 Å². The monoisotopic (exact) mass is 264 g/mol. The molecule has 0 atom stereocenters. The predicted octanol–water partition coefficient (Wildman–Crippen LogP) is 1.26. The summed E-state index contributed by atoms with van der Waals surface area (Å²) >= 11 is 0. The van der Waals surface area contributed by atoms with Crippen LogP contribution in [0.15, 0.2) is 18.2 Å². The third kappa shape index (κ3) is 4.79. The van der Waals surface area contributed by atoms with Gasteiger partial charge in [-0.2, -0.15) is 0 Å². The fraction of sp³-hybridized carbons (Fsp3) is 0.500. The maximum Gasteiger partial charge on any atom is 0.254 e. The number of hydrogen-bond donors (Lipinski definition) is 2. The molecule has 0 fully saturated rings. The molecule has 1 aromatic carbocycles. The van der Waals surface area contributed by atoms with Crippen molar-refractivity contribution in [1.82, 2.24) is 9.80 Å². The lowest BCUT2D eigenvalue weighted by molar-refractivity contribution is 0.0745. The summed E-state index contributed by atoms with van der Waals surface area (Å²) in [5.74, 6) is -0.0114. The summed E-state index contributed by atoms with van der Waals surface area (Å²) < 4.78 is 0. The SMILES string of the molecule is CCCN(CCN(C)C)C(=O)c1cc(N)cc(N)c1. The average molecular weight is 264 g/mol. The molecule has 4 N–H and O–H groups in total. The van der Waals surface area contributed by atoms with Crippen LogP contribution >= 0.6 is 0 Å². The number of anilines is 2. The van der Waals surface area contributed by atoms with E-state index in [4.69, 9.17) is 11.5 Å². The quantitative estimate of drug-likeness (QED) is 0.759. The molecule has 0 spiro atoms. The Morgan fingerprint density at radius 1 is 1.05 bits per heavy atom. The van der Waals surface area contributed by atoms with Crippen molar-refractivity contribution in [2.75, 3.05) is 45.2 Å². The number of nitrogen functional groups attached to an aromatic ring is 2. The van der Waals surface area contributed by atoms with Crippen LogP contribution in [0.25, 0.3) is 0 Å². The Hall–Kier alpha value is -1.75. The van der Waals surface area contributed by atoms with Crippen LogP contribution in [0, 0.1) is 0 Å². The van der Waals surface area contributed by atoms with Crippen molar-refractivity contribution in [1.29, 1.82) is 0 Å². The molecule has 0 saturated heterocycles. The maximum atomic E-state index is 12.4. The maximum absolute atomic E-state index is 12.4.